The molecule has 0 saturated carbocycles. The number of hydrogen-bond donors (Lipinski definition) is 2. The van der Waals surface area contributed by atoms with Crippen LogP contribution in [0.15, 0.2) is 95.2 Å². The predicted octanol–water partition coefficient (Wildman–Crippen LogP) is 6.75. The van der Waals surface area contributed by atoms with Crippen molar-refractivity contribution in [1.82, 2.24) is 0 Å². The van der Waals surface area contributed by atoms with E-state index in [0.717, 1.165) is 17.0 Å². The van der Waals surface area contributed by atoms with Gasteiger partial charge in [-0.25, -0.2) is 0 Å². The van der Waals surface area contributed by atoms with Crippen LogP contribution in [0.4, 0.5) is 27.8 Å². The van der Waals surface area contributed by atoms with Crippen molar-refractivity contribution < 1.29 is 14.8 Å². The molecule has 0 bridgehead atoms. The lowest BCUT2D eigenvalue weighted by Gasteiger charge is -2.03. The number of hydrogen-bond acceptors (Lipinski definition) is 8. The van der Waals surface area contributed by atoms with Crippen LogP contribution in [0.2, 0.25) is 0 Å². The third-order valence-corrected chi connectivity index (χ3v) is 5.54. The molecule has 4 aromatic rings. The fraction of sp³-hybridized carbons (Fsp3) is 0. The Morgan fingerprint density at radius 3 is 2.16 bits per heavy atom. The smallest absolute Gasteiger partial charge is 0.269 e. The minimum Gasteiger partial charge on any atom is -0.504 e. The first kappa shape index (κ1) is 20.9. The van der Waals surface area contributed by atoms with Crippen LogP contribution in [0, 0.1) is 10.1 Å². The number of nitrogens with one attached hydrogen (secondary N) is 1. The van der Waals surface area contributed by atoms with Crippen molar-refractivity contribution in [2.45, 2.75) is 0 Å². The molecule has 32 heavy (non-hydrogen) atoms. The first-order chi connectivity index (χ1) is 15.5. The highest BCUT2D eigenvalue weighted by molar-refractivity contribution is 7.19. The summed E-state index contributed by atoms with van der Waals surface area (Å²) in [6, 6.07) is 23.4. The Bertz CT molecular complexity index is 1290. The van der Waals surface area contributed by atoms with Crippen molar-refractivity contribution >= 4 is 44.9 Å². The highest BCUT2D eigenvalue weighted by atomic mass is 32.1. The molecular weight excluding hydrogens is 428 g/mol. The van der Waals surface area contributed by atoms with Crippen LogP contribution in [0.25, 0.3) is 0 Å². The molecule has 4 rings (SSSR count). The molecule has 158 valence electrons. The van der Waals surface area contributed by atoms with Gasteiger partial charge >= 0.3 is 0 Å². The number of aromatic hydroxyl groups is 1. The van der Waals surface area contributed by atoms with Crippen molar-refractivity contribution in [3.05, 3.63) is 105 Å². The summed E-state index contributed by atoms with van der Waals surface area (Å²) in [5, 5.41) is 33.5. The lowest BCUT2D eigenvalue weighted by molar-refractivity contribution is -0.384. The van der Waals surface area contributed by atoms with Gasteiger partial charge in [-0.1, -0.05) is 48.5 Å². The van der Waals surface area contributed by atoms with Gasteiger partial charge in [0, 0.05) is 23.4 Å². The van der Waals surface area contributed by atoms with Gasteiger partial charge in [-0.3, -0.25) is 14.9 Å². The molecule has 0 atom stereocenters. The second-order valence-corrected chi connectivity index (χ2v) is 7.64. The number of para-hydroxylation sites is 1. The number of anilines is 2. The Morgan fingerprint density at radius 2 is 1.53 bits per heavy atom. The molecule has 0 amide bonds. The maximum absolute atomic E-state index is 12.9. The summed E-state index contributed by atoms with van der Waals surface area (Å²) in [6.45, 7) is 0. The van der Waals surface area contributed by atoms with E-state index in [-0.39, 0.29) is 27.8 Å². The topological polar surface area (TPSA) is 117 Å². The van der Waals surface area contributed by atoms with Gasteiger partial charge < -0.3 is 10.4 Å². The van der Waals surface area contributed by atoms with Gasteiger partial charge in [0.25, 0.3) is 5.69 Å². The third-order valence-electron chi connectivity index (χ3n) is 4.46. The van der Waals surface area contributed by atoms with Crippen LogP contribution < -0.4 is 5.32 Å². The molecule has 0 unspecified atom stereocenters. The van der Waals surface area contributed by atoms with Crippen LogP contribution in [0.1, 0.15) is 15.2 Å². The van der Waals surface area contributed by atoms with Crippen LogP contribution in [0.3, 0.4) is 0 Å². The summed E-state index contributed by atoms with van der Waals surface area (Å²) >= 11 is 1.07. The fourth-order valence-corrected chi connectivity index (χ4v) is 3.88. The molecule has 0 saturated heterocycles. The average molecular weight is 444 g/mol. The van der Waals surface area contributed by atoms with E-state index >= 15 is 0 Å². The molecular formula is C23H16N4O4S. The van der Waals surface area contributed by atoms with E-state index in [0.29, 0.717) is 16.3 Å². The van der Waals surface area contributed by atoms with E-state index in [1.165, 1.54) is 24.3 Å². The van der Waals surface area contributed by atoms with Gasteiger partial charge in [-0.05, 0) is 24.3 Å². The molecule has 9 heteroatoms. The largest absolute Gasteiger partial charge is 0.504 e. The second-order valence-electron chi connectivity index (χ2n) is 6.62. The molecule has 0 spiro atoms. The molecule has 1 heterocycles. The zero-order valence-corrected chi connectivity index (χ0v) is 17.3. The highest BCUT2D eigenvalue weighted by Crippen LogP contribution is 2.48. The van der Waals surface area contributed by atoms with E-state index in [9.17, 15) is 20.0 Å². The fourth-order valence-electron chi connectivity index (χ4n) is 2.87. The van der Waals surface area contributed by atoms with Crippen molar-refractivity contribution in [3.63, 3.8) is 0 Å². The van der Waals surface area contributed by atoms with Crippen molar-refractivity contribution in [2.24, 2.45) is 10.2 Å². The summed E-state index contributed by atoms with van der Waals surface area (Å²) < 4.78 is 0. The average Bonchev–Trinajstić information content (AvgIpc) is 3.13. The minimum atomic E-state index is -0.505. The van der Waals surface area contributed by atoms with Gasteiger partial charge in [0.05, 0.1) is 10.6 Å². The van der Waals surface area contributed by atoms with E-state index in [4.69, 9.17) is 0 Å². The van der Waals surface area contributed by atoms with Crippen LogP contribution in [0.5, 0.6) is 5.75 Å². The number of rotatable bonds is 7. The molecule has 2 N–H and O–H groups in total. The Hall–Kier alpha value is -4.37. The summed E-state index contributed by atoms with van der Waals surface area (Å²) in [7, 11) is 0. The van der Waals surface area contributed by atoms with E-state index in [1.54, 1.807) is 30.3 Å². The second kappa shape index (κ2) is 9.19. The highest BCUT2D eigenvalue weighted by Gasteiger charge is 2.24. The Morgan fingerprint density at radius 1 is 0.906 bits per heavy atom. The van der Waals surface area contributed by atoms with Crippen molar-refractivity contribution in [2.75, 3.05) is 5.32 Å². The number of carbonyl (C=O) groups is 1. The Labute approximate surface area is 186 Å². The molecule has 1 aromatic heterocycles. The van der Waals surface area contributed by atoms with Crippen LogP contribution in [-0.4, -0.2) is 15.8 Å². The zero-order valence-electron chi connectivity index (χ0n) is 16.5. The minimum absolute atomic E-state index is 0.0653. The number of non-ortho nitro benzene ring substituents is 1. The monoisotopic (exact) mass is 444 g/mol. The summed E-state index contributed by atoms with van der Waals surface area (Å²) in [6.07, 6.45) is 0. The van der Waals surface area contributed by atoms with Gasteiger partial charge in [-0.15, -0.1) is 16.5 Å². The molecule has 3 aromatic carbocycles. The lowest BCUT2D eigenvalue weighted by atomic mass is 10.1. The van der Waals surface area contributed by atoms with E-state index in [1.807, 2.05) is 30.3 Å². The summed E-state index contributed by atoms with van der Waals surface area (Å²) in [5.74, 6) is -0.617. The first-order valence-corrected chi connectivity index (χ1v) is 10.3. The molecule has 0 radical (unpaired) electrons. The number of nitro groups is 1. The zero-order chi connectivity index (χ0) is 22.5. The van der Waals surface area contributed by atoms with Gasteiger partial charge in [0.2, 0.25) is 5.78 Å². The number of carbonyl (C=O) groups excluding carboxylic acids is 1. The maximum Gasteiger partial charge on any atom is 0.269 e. The number of thiophene rings is 1. The third kappa shape index (κ3) is 4.52. The number of benzene rings is 3. The number of nitrogens with zero attached hydrogens (tertiary/aromatic N) is 3. The molecule has 0 aliphatic carbocycles. The number of azo groups is 1. The van der Waals surface area contributed by atoms with E-state index < -0.39 is 4.92 Å². The normalized spacial score (nSPS) is 10.9. The van der Waals surface area contributed by atoms with Gasteiger partial charge in [0.15, 0.2) is 11.4 Å². The van der Waals surface area contributed by atoms with E-state index in [2.05, 4.69) is 15.5 Å². The summed E-state index contributed by atoms with van der Waals surface area (Å²) in [5.41, 5.74) is 1.59. The number of nitro benzene ring substituents is 1. The predicted molar refractivity (Wildman–Crippen MR) is 123 cm³/mol. The quantitative estimate of drug-likeness (QED) is 0.141. The van der Waals surface area contributed by atoms with Crippen LogP contribution >= 0.6 is 11.3 Å². The molecule has 8 nitrogen and oxygen atoms in total. The first-order valence-electron chi connectivity index (χ1n) is 9.46. The molecule has 0 fully saturated rings. The SMILES string of the molecule is O=C(c1ccccc1)c1sc(Nc2ccccc2)c(N=Nc2ccc([N+](=O)[O-])cc2)c1O. The number of ketones is 1. The van der Waals surface area contributed by atoms with Crippen molar-refractivity contribution in [3.8, 4) is 5.75 Å². The Kier molecular flexibility index (Phi) is 6.00. The summed E-state index contributed by atoms with van der Waals surface area (Å²) in [4.78, 5) is 23.4. The van der Waals surface area contributed by atoms with Gasteiger partial charge in [0.1, 0.15) is 9.88 Å². The van der Waals surface area contributed by atoms with Crippen molar-refractivity contribution in [1.29, 1.82) is 0 Å². The standard InChI is InChI=1S/C23H16N4O4S/c28-20(15-7-3-1-4-8-15)22-21(29)19(23(32-22)24-16-9-5-2-6-10-16)26-25-17-11-13-18(14-12-17)27(30)31/h1-14,24,29H. The maximum atomic E-state index is 12.9. The van der Waals surface area contributed by atoms with Gasteiger partial charge in [-0.2, -0.15) is 5.11 Å². The molecule has 0 aliphatic rings. The Balaban J connectivity index is 1.72. The molecule has 0 aliphatic heterocycles. The van der Waals surface area contributed by atoms with Crippen LogP contribution in [-0.2, 0) is 0 Å². The lowest BCUT2D eigenvalue weighted by Crippen LogP contribution is -1.97.